The Kier molecular flexibility index (Phi) is 7.09. The fourth-order valence-electron chi connectivity index (χ4n) is 1.61. The van der Waals surface area contributed by atoms with Gasteiger partial charge in [-0.25, -0.2) is 0 Å². The first-order valence-electron chi connectivity index (χ1n) is 6.25. The third-order valence-electron chi connectivity index (χ3n) is 2.56. The van der Waals surface area contributed by atoms with Crippen molar-refractivity contribution in [3.63, 3.8) is 0 Å². The van der Waals surface area contributed by atoms with E-state index in [-0.39, 0.29) is 5.91 Å². The van der Waals surface area contributed by atoms with Crippen molar-refractivity contribution in [2.75, 3.05) is 25.1 Å². The first-order valence-corrected chi connectivity index (χ1v) is 7.65. The highest BCUT2D eigenvalue weighted by atomic mass is 32.2. The predicted molar refractivity (Wildman–Crippen MR) is 82.4 cm³/mol. The molecule has 102 valence electrons. The third-order valence-corrected chi connectivity index (χ3v) is 3.25. The summed E-state index contributed by atoms with van der Waals surface area (Å²) < 4.78 is 0. The normalized spacial score (nSPS) is 9.63. The smallest absolute Gasteiger partial charge is 0.252 e. The van der Waals surface area contributed by atoms with Crippen LogP contribution in [-0.4, -0.2) is 31.0 Å². The van der Waals surface area contributed by atoms with Gasteiger partial charge in [-0.15, -0.1) is 0 Å². The first-order chi connectivity index (χ1) is 9.19. The number of amides is 1. The maximum atomic E-state index is 12.1. The minimum atomic E-state index is -0.0638. The van der Waals surface area contributed by atoms with Crippen molar-refractivity contribution in [2.45, 2.75) is 13.3 Å². The number of benzene rings is 1. The van der Waals surface area contributed by atoms with E-state index in [1.165, 1.54) is 0 Å². The van der Waals surface area contributed by atoms with Crippen molar-refractivity contribution < 1.29 is 4.79 Å². The van der Waals surface area contributed by atoms with Crippen molar-refractivity contribution in [1.82, 2.24) is 5.32 Å². The summed E-state index contributed by atoms with van der Waals surface area (Å²) in [6, 6.07) is 5.68. The van der Waals surface area contributed by atoms with Crippen LogP contribution in [-0.2, 0) is 0 Å². The molecule has 0 saturated heterocycles. The summed E-state index contributed by atoms with van der Waals surface area (Å²) in [6.45, 7) is 2.95. The highest BCUT2D eigenvalue weighted by Gasteiger charge is 2.09. The van der Waals surface area contributed by atoms with Gasteiger partial charge >= 0.3 is 0 Å². The Morgan fingerprint density at radius 1 is 1.47 bits per heavy atom. The van der Waals surface area contributed by atoms with Gasteiger partial charge < -0.3 is 11.1 Å². The maximum Gasteiger partial charge on any atom is 0.252 e. The molecule has 1 aromatic rings. The number of hydrogen-bond donors (Lipinski definition) is 2. The second-order valence-electron chi connectivity index (χ2n) is 4.16. The summed E-state index contributed by atoms with van der Waals surface area (Å²) >= 11 is 1.78. The fourth-order valence-corrected chi connectivity index (χ4v) is 2.05. The van der Waals surface area contributed by atoms with Crippen molar-refractivity contribution >= 4 is 17.7 Å². The van der Waals surface area contributed by atoms with Gasteiger partial charge in [-0.05, 0) is 37.5 Å². The molecular formula is C15H20N2OS. The number of nitrogens with two attached hydrogens (primary N) is 1. The molecule has 0 aliphatic rings. The second kappa shape index (κ2) is 8.63. The van der Waals surface area contributed by atoms with Gasteiger partial charge in [0.15, 0.2) is 0 Å². The lowest BCUT2D eigenvalue weighted by Gasteiger charge is -2.07. The number of thioether (sulfide) groups is 1. The average Bonchev–Trinajstić information content (AvgIpc) is 2.42. The topological polar surface area (TPSA) is 55.1 Å². The van der Waals surface area contributed by atoms with Gasteiger partial charge in [0.05, 0.1) is 12.1 Å². The number of hydrogen-bond acceptors (Lipinski definition) is 3. The molecule has 0 aliphatic carbocycles. The Balaban J connectivity index is 2.79. The van der Waals surface area contributed by atoms with Gasteiger partial charge in [-0.1, -0.05) is 23.5 Å². The Hall–Kier alpha value is -1.44. The second-order valence-corrected chi connectivity index (χ2v) is 5.14. The summed E-state index contributed by atoms with van der Waals surface area (Å²) in [6.07, 6.45) is 3.03. The lowest BCUT2D eigenvalue weighted by atomic mass is 10.0. The van der Waals surface area contributed by atoms with E-state index in [1.807, 2.05) is 25.1 Å². The minimum Gasteiger partial charge on any atom is -0.352 e. The van der Waals surface area contributed by atoms with E-state index in [0.717, 1.165) is 23.3 Å². The summed E-state index contributed by atoms with van der Waals surface area (Å²) in [5.41, 5.74) is 7.78. The molecule has 1 amide bonds. The van der Waals surface area contributed by atoms with Gasteiger partial charge in [-0.2, -0.15) is 11.8 Å². The van der Waals surface area contributed by atoms with Crippen LogP contribution in [0.15, 0.2) is 18.2 Å². The van der Waals surface area contributed by atoms with Crippen LogP contribution in [0.3, 0.4) is 0 Å². The van der Waals surface area contributed by atoms with Crippen LogP contribution in [0, 0.1) is 18.8 Å². The molecule has 19 heavy (non-hydrogen) atoms. The van der Waals surface area contributed by atoms with E-state index < -0.39 is 0 Å². The summed E-state index contributed by atoms with van der Waals surface area (Å²) in [4.78, 5) is 12.1. The maximum absolute atomic E-state index is 12.1. The van der Waals surface area contributed by atoms with Crippen LogP contribution in [0.1, 0.15) is 27.9 Å². The minimum absolute atomic E-state index is 0.0638. The van der Waals surface area contributed by atoms with E-state index >= 15 is 0 Å². The van der Waals surface area contributed by atoms with Crippen LogP contribution < -0.4 is 11.1 Å². The molecule has 0 unspecified atom stereocenters. The summed E-state index contributed by atoms with van der Waals surface area (Å²) in [5.74, 6) is 6.72. The third kappa shape index (κ3) is 5.37. The highest BCUT2D eigenvalue weighted by Crippen LogP contribution is 2.11. The number of aryl methyl sites for hydroxylation is 1. The van der Waals surface area contributed by atoms with E-state index in [9.17, 15) is 4.79 Å². The molecule has 0 saturated carbocycles. The molecule has 3 nitrogen and oxygen atoms in total. The molecule has 0 radical (unpaired) electrons. The van der Waals surface area contributed by atoms with Crippen molar-refractivity contribution in [3.8, 4) is 11.8 Å². The highest BCUT2D eigenvalue weighted by molar-refractivity contribution is 7.98. The number of carbonyl (C=O) groups excluding carboxylic acids is 1. The van der Waals surface area contributed by atoms with Crippen LogP contribution in [0.4, 0.5) is 0 Å². The number of rotatable bonds is 5. The Bertz CT molecular complexity index is 489. The average molecular weight is 276 g/mol. The molecule has 0 atom stereocenters. The van der Waals surface area contributed by atoms with Gasteiger partial charge in [0.1, 0.15) is 0 Å². The molecule has 1 aromatic carbocycles. The molecule has 0 aliphatic heterocycles. The molecule has 0 fully saturated rings. The monoisotopic (exact) mass is 276 g/mol. The van der Waals surface area contributed by atoms with Crippen molar-refractivity contribution in [1.29, 1.82) is 0 Å². The number of nitrogens with one attached hydrogen (secondary N) is 1. The number of carbonyl (C=O) groups is 1. The van der Waals surface area contributed by atoms with Gasteiger partial charge in [0.2, 0.25) is 0 Å². The van der Waals surface area contributed by atoms with E-state index in [1.54, 1.807) is 11.8 Å². The Morgan fingerprint density at radius 2 is 2.26 bits per heavy atom. The summed E-state index contributed by atoms with van der Waals surface area (Å²) in [7, 11) is 0. The molecular weight excluding hydrogens is 256 g/mol. The van der Waals surface area contributed by atoms with E-state index in [0.29, 0.717) is 18.7 Å². The quantitative estimate of drug-likeness (QED) is 0.637. The fraction of sp³-hybridized carbons (Fsp3) is 0.400. The molecule has 0 aromatic heterocycles. The largest absolute Gasteiger partial charge is 0.352 e. The molecule has 0 heterocycles. The van der Waals surface area contributed by atoms with E-state index in [2.05, 4.69) is 23.4 Å². The zero-order valence-corrected chi connectivity index (χ0v) is 12.3. The zero-order valence-electron chi connectivity index (χ0n) is 11.5. The van der Waals surface area contributed by atoms with Crippen LogP contribution in [0.5, 0.6) is 0 Å². The first kappa shape index (κ1) is 15.6. The SMILES string of the molecule is CSCCCNC(=O)c1cc(C)ccc1C#CCN. The molecule has 0 spiro atoms. The lowest BCUT2D eigenvalue weighted by Crippen LogP contribution is -2.25. The molecule has 0 bridgehead atoms. The standard InChI is InChI=1S/C15H20N2OS/c1-12-6-7-13(5-3-8-16)14(11-12)15(18)17-9-4-10-19-2/h6-7,11H,4,8-10,16H2,1-2H3,(H,17,18). The van der Waals surface area contributed by atoms with Gasteiger partial charge in [0, 0.05) is 12.1 Å². The molecule has 1 rings (SSSR count). The van der Waals surface area contributed by atoms with Crippen LogP contribution in [0.2, 0.25) is 0 Å². The van der Waals surface area contributed by atoms with Gasteiger partial charge in [0.25, 0.3) is 5.91 Å². The summed E-state index contributed by atoms with van der Waals surface area (Å²) in [5, 5.41) is 2.93. The Labute approximate surface area is 119 Å². The van der Waals surface area contributed by atoms with Crippen LogP contribution >= 0.6 is 11.8 Å². The van der Waals surface area contributed by atoms with Gasteiger partial charge in [-0.3, -0.25) is 4.79 Å². The van der Waals surface area contributed by atoms with Crippen molar-refractivity contribution in [2.24, 2.45) is 5.73 Å². The van der Waals surface area contributed by atoms with E-state index in [4.69, 9.17) is 5.73 Å². The molecule has 4 heteroatoms. The predicted octanol–water partition coefficient (Wildman–Crippen LogP) is 1.79. The van der Waals surface area contributed by atoms with Crippen LogP contribution in [0.25, 0.3) is 0 Å². The molecule has 3 N–H and O–H groups in total. The Morgan fingerprint density at radius 3 is 2.95 bits per heavy atom. The lowest BCUT2D eigenvalue weighted by molar-refractivity contribution is 0.0953. The van der Waals surface area contributed by atoms with Crippen molar-refractivity contribution in [3.05, 3.63) is 34.9 Å². The zero-order chi connectivity index (χ0) is 14.1.